The molecule has 22 heavy (non-hydrogen) atoms. The van der Waals surface area contributed by atoms with E-state index in [1.807, 2.05) is 30.3 Å². The summed E-state index contributed by atoms with van der Waals surface area (Å²) in [6.45, 7) is 3.59. The van der Waals surface area contributed by atoms with Crippen LogP contribution in [0.3, 0.4) is 0 Å². The molecule has 1 rings (SSSR count). The van der Waals surface area contributed by atoms with Gasteiger partial charge in [-0.2, -0.15) is 10.2 Å². The summed E-state index contributed by atoms with van der Waals surface area (Å²) in [5.41, 5.74) is 7.42. The third-order valence-electron chi connectivity index (χ3n) is 2.35. The molecule has 0 radical (unpaired) electrons. The Hall–Kier alpha value is -1.44. The number of hydrogen-bond donors (Lipinski definition) is 2. The summed E-state index contributed by atoms with van der Waals surface area (Å²) in [6, 6.07) is 9.41. The Balaban J connectivity index is 0.00000441. The van der Waals surface area contributed by atoms with Crippen molar-refractivity contribution in [3.63, 3.8) is 0 Å². The first-order valence-corrected chi connectivity index (χ1v) is 6.90. The first-order valence-electron chi connectivity index (χ1n) is 6.08. The van der Waals surface area contributed by atoms with Crippen molar-refractivity contribution < 1.29 is 19.5 Å². The van der Waals surface area contributed by atoms with Crippen molar-refractivity contribution in [2.75, 3.05) is 7.05 Å². The molecule has 9 heteroatoms. The minimum absolute atomic E-state index is 0. The zero-order valence-electron chi connectivity index (χ0n) is 12.7. The fourth-order valence-corrected chi connectivity index (χ4v) is 1.32. The number of hydrazone groups is 2. The van der Waals surface area contributed by atoms with Crippen LogP contribution in [0.4, 0.5) is 5.69 Å². The Morgan fingerprint density at radius 3 is 1.91 bits per heavy atom. The van der Waals surface area contributed by atoms with Crippen LogP contribution in [0.1, 0.15) is 13.8 Å². The average Bonchev–Trinajstić information content (AvgIpc) is 2.50. The van der Waals surface area contributed by atoms with Crippen LogP contribution in [-0.4, -0.2) is 28.8 Å². The largest absolute Gasteiger partial charge is 2.00 e. The standard InChI is InChI=1S/C13H18N6S2.Zn/c1-9(16-18-12(20)14-3)10(2)17-19-13(21)15-11-7-5-4-6-8-11;/h4-8H,1-3H3,(H2,14,18,20)(H2,15,19,21);/q;+2/p-2/b16-9+,17-10+;. The number of nitrogens with one attached hydrogen (secondary N) is 2. The predicted molar refractivity (Wildman–Crippen MR) is 94.1 cm³/mol. The molecule has 0 aliphatic carbocycles. The van der Waals surface area contributed by atoms with Crippen molar-refractivity contribution in [3.8, 4) is 0 Å². The van der Waals surface area contributed by atoms with E-state index in [4.69, 9.17) is 25.3 Å². The molecular formula is C13H16N6S2Zn. The maximum absolute atomic E-state index is 5.09. The van der Waals surface area contributed by atoms with Gasteiger partial charge in [0.2, 0.25) is 0 Å². The fourth-order valence-electron chi connectivity index (χ4n) is 1.12. The summed E-state index contributed by atoms with van der Waals surface area (Å²) < 4.78 is 0. The van der Waals surface area contributed by atoms with Gasteiger partial charge >= 0.3 is 19.5 Å². The fraction of sp³-hybridized carbons (Fsp3) is 0.231. The summed E-state index contributed by atoms with van der Waals surface area (Å²) >= 11 is 9.95. The molecule has 0 saturated heterocycles. The van der Waals surface area contributed by atoms with Crippen LogP contribution in [0.5, 0.6) is 0 Å². The van der Waals surface area contributed by atoms with Crippen molar-refractivity contribution >= 4 is 52.7 Å². The number of aliphatic imine (C=N–C) groups is 2. The molecule has 6 nitrogen and oxygen atoms in total. The summed E-state index contributed by atoms with van der Waals surface area (Å²) in [4.78, 5) is 7.96. The molecule has 0 unspecified atom stereocenters. The van der Waals surface area contributed by atoms with Gasteiger partial charge in [0.1, 0.15) is 0 Å². The van der Waals surface area contributed by atoms with Gasteiger partial charge in [-0.1, -0.05) is 18.2 Å². The topological polar surface area (TPSA) is 73.5 Å². The van der Waals surface area contributed by atoms with Crippen LogP contribution < -0.4 is 10.9 Å². The van der Waals surface area contributed by atoms with Gasteiger partial charge in [0.15, 0.2) is 0 Å². The first kappa shape index (κ1) is 20.6. The molecular weight excluding hydrogens is 370 g/mol. The number of rotatable bonds is 4. The van der Waals surface area contributed by atoms with Crippen molar-refractivity contribution in [2.45, 2.75) is 13.8 Å². The Labute approximate surface area is 154 Å². The van der Waals surface area contributed by atoms with Crippen molar-refractivity contribution in [3.05, 3.63) is 30.3 Å². The SMILES string of the molecule is CN=C([S-])N/N=C(C)/C(C)=N/NC([S-])=Nc1ccccc1.[Zn+2]. The average molecular weight is 386 g/mol. The third-order valence-corrected chi connectivity index (χ3v) is 2.81. The van der Waals surface area contributed by atoms with Crippen molar-refractivity contribution in [1.82, 2.24) is 10.9 Å². The van der Waals surface area contributed by atoms with E-state index < -0.39 is 0 Å². The second-order valence-corrected chi connectivity index (χ2v) is 4.67. The number of amidine groups is 2. The molecule has 112 valence electrons. The van der Waals surface area contributed by atoms with Gasteiger partial charge in [0.25, 0.3) is 0 Å². The second-order valence-electron chi connectivity index (χ2n) is 3.90. The van der Waals surface area contributed by atoms with E-state index in [1.165, 1.54) is 0 Å². The number of hydrogen-bond acceptors (Lipinski definition) is 6. The first-order chi connectivity index (χ1) is 10.0. The second kappa shape index (κ2) is 11.2. The molecule has 0 heterocycles. The van der Waals surface area contributed by atoms with Crippen molar-refractivity contribution in [1.29, 1.82) is 0 Å². The summed E-state index contributed by atoms with van der Waals surface area (Å²) in [7, 11) is 1.59. The summed E-state index contributed by atoms with van der Waals surface area (Å²) in [5.74, 6) is 0. The Bertz CT molecular complexity index is 583. The van der Waals surface area contributed by atoms with Crippen LogP contribution in [0, 0.1) is 0 Å². The minimum atomic E-state index is 0. The number of benzene rings is 1. The van der Waals surface area contributed by atoms with E-state index in [0.717, 1.165) is 5.69 Å². The Morgan fingerprint density at radius 2 is 1.41 bits per heavy atom. The smallest absolute Gasteiger partial charge is 0.741 e. The molecule has 0 amide bonds. The Morgan fingerprint density at radius 1 is 0.909 bits per heavy atom. The summed E-state index contributed by atoms with van der Waals surface area (Å²) in [5, 5.41) is 8.74. The maximum atomic E-state index is 5.09. The van der Waals surface area contributed by atoms with Gasteiger partial charge in [-0.15, -0.1) is 0 Å². The monoisotopic (exact) mass is 384 g/mol. The predicted octanol–water partition coefficient (Wildman–Crippen LogP) is 1.68. The van der Waals surface area contributed by atoms with Crippen LogP contribution in [0.25, 0.3) is 0 Å². The molecule has 0 bridgehead atoms. The van der Waals surface area contributed by atoms with E-state index in [1.54, 1.807) is 20.9 Å². The molecule has 0 aliphatic rings. The van der Waals surface area contributed by atoms with Gasteiger partial charge in [0.05, 0.1) is 17.1 Å². The van der Waals surface area contributed by atoms with Gasteiger partial charge in [-0.3, -0.25) is 20.8 Å². The molecule has 0 fully saturated rings. The van der Waals surface area contributed by atoms with Gasteiger partial charge in [-0.25, -0.2) is 0 Å². The van der Waals surface area contributed by atoms with Crippen LogP contribution in [0.15, 0.2) is 50.5 Å². The van der Waals surface area contributed by atoms with E-state index in [9.17, 15) is 0 Å². The molecule has 0 spiro atoms. The van der Waals surface area contributed by atoms with Crippen LogP contribution in [-0.2, 0) is 44.7 Å². The molecule has 2 N–H and O–H groups in total. The Kier molecular flexibility index (Phi) is 10.4. The van der Waals surface area contributed by atoms with Gasteiger partial charge in [-0.05, 0) is 31.1 Å². The number of nitrogens with zero attached hydrogens (tertiary/aromatic N) is 4. The zero-order chi connectivity index (χ0) is 15.7. The van der Waals surface area contributed by atoms with E-state index in [2.05, 4.69) is 31.0 Å². The normalized spacial score (nSPS) is 13.4. The van der Waals surface area contributed by atoms with Gasteiger partial charge in [0, 0.05) is 12.2 Å². The van der Waals surface area contributed by atoms with Crippen LogP contribution in [0.2, 0.25) is 0 Å². The van der Waals surface area contributed by atoms with E-state index in [0.29, 0.717) is 16.6 Å². The third kappa shape index (κ3) is 8.12. The molecule has 1 aromatic carbocycles. The molecule has 0 aromatic heterocycles. The molecule has 0 aliphatic heterocycles. The van der Waals surface area contributed by atoms with Crippen LogP contribution >= 0.6 is 0 Å². The molecule has 0 atom stereocenters. The molecule has 1 aromatic rings. The maximum Gasteiger partial charge on any atom is 2.00 e. The van der Waals surface area contributed by atoms with E-state index >= 15 is 0 Å². The minimum Gasteiger partial charge on any atom is -0.741 e. The summed E-state index contributed by atoms with van der Waals surface area (Å²) in [6.07, 6.45) is 0. The number of para-hydroxylation sites is 1. The van der Waals surface area contributed by atoms with E-state index in [-0.39, 0.29) is 24.6 Å². The zero-order valence-corrected chi connectivity index (χ0v) is 17.3. The van der Waals surface area contributed by atoms with Crippen molar-refractivity contribution in [2.24, 2.45) is 20.2 Å². The van der Waals surface area contributed by atoms with Gasteiger partial charge < -0.3 is 25.3 Å². The quantitative estimate of drug-likeness (QED) is 0.272. The molecule has 0 saturated carbocycles.